The first-order valence-electron chi connectivity index (χ1n) is 12.9. The first-order chi connectivity index (χ1) is 16.5. The van der Waals surface area contributed by atoms with Gasteiger partial charge < -0.3 is 15.7 Å². The van der Waals surface area contributed by atoms with Crippen molar-refractivity contribution < 1.29 is 9.90 Å². The molecule has 4 saturated carbocycles. The van der Waals surface area contributed by atoms with Gasteiger partial charge in [0.25, 0.3) is 0 Å². The summed E-state index contributed by atoms with van der Waals surface area (Å²) < 4.78 is 0. The lowest BCUT2D eigenvalue weighted by Crippen LogP contribution is -2.49. The molecule has 34 heavy (non-hydrogen) atoms. The Bertz CT molecular complexity index is 980. The molecule has 2 aromatic carbocycles. The molecule has 0 amide bonds. The van der Waals surface area contributed by atoms with Crippen LogP contribution >= 0.6 is 0 Å². The zero-order chi connectivity index (χ0) is 23.5. The number of nitrogens with zero attached hydrogens (tertiary/aromatic N) is 1. The van der Waals surface area contributed by atoms with Crippen molar-refractivity contribution >= 4 is 17.6 Å². The van der Waals surface area contributed by atoms with Crippen molar-refractivity contribution in [3.8, 4) is 0 Å². The Hall–Kier alpha value is -2.82. The first kappa shape index (κ1) is 22.9. The lowest BCUT2D eigenvalue weighted by molar-refractivity contribution is -0.0603. The Kier molecular flexibility index (Phi) is 6.62. The summed E-state index contributed by atoms with van der Waals surface area (Å²) in [6, 6.07) is 17.6. The number of hydrogen-bond donors (Lipinski definition) is 3. The van der Waals surface area contributed by atoms with Gasteiger partial charge >= 0.3 is 5.97 Å². The minimum absolute atomic E-state index is 0.288. The van der Waals surface area contributed by atoms with E-state index in [1.165, 1.54) is 50.5 Å². The number of benzene rings is 2. The summed E-state index contributed by atoms with van der Waals surface area (Å²) >= 11 is 0. The van der Waals surface area contributed by atoms with Crippen LogP contribution in [0.15, 0.2) is 59.6 Å². The molecule has 5 nitrogen and oxygen atoms in total. The van der Waals surface area contributed by atoms with Crippen LogP contribution in [-0.4, -0.2) is 29.6 Å². The highest BCUT2D eigenvalue weighted by Crippen LogP contribution is 2.61. The summed E-state index contributed by atoms with van der Waals surface area (Å²) in [6.07, 6.45) is 10.7. The number of aliphatic imine (C=N–C) groups is 1. The van der Waals surface area contributed by atoms with Crippen LogP contribution in [0.5, 0.6) is 0 Å². The molecular formula is C29H37N3O2. The van der Waals surface area contributed by atoms with Gasteiger partial charge in [-0.05, 0) is 111 Å². The number of anilines is 1. The maximum Gasteiger partial charge on any atom is 0.335 e. The van der Waals surface area contributed by atoms with Crippen LogP contribution in [0.25, 0.3) is 0 Å². The standard InChI is InChI=1S/C29H37N3O2/c1-20(16-29-17-22-13-23(18-29)15-24(14-22)19-29)31-28(30-12-11-21-5-3-2-4-6-21)32-26-9-7-25(8-10-26)27(33)34/h2-10,20,22-24H,11-19H2,1H3,(H,33,34)(H2,30,31,32). The quantitative estimate of drug-likeness (QED) is 0.335. The normalized spacial score (nSPS) is 28.5. The number of guanidine groups is 1. The average molecular weight is 460 g/mol. The van der Waals surface area contributed by atoms with Crippen molar-refractivity contribution in [3.05, 3.63) is 65.7 Å². The highest BCUT2D eigenvalue weighted by Gasteiger charge is 2.51. The molecular weight excluding hydrogens is 422 g/mol. The van der Waals surface area contributed by atoms with E-state index in [1.54, 1.807) is 12.1 Å². The topological polar surface area (TPSA) is 73.7 Å². The number of rotatable bonds is 8. The van der Waals surface area contributed by atoms with Crippen molar-refractivity contribution in [2.24, 2.45) is 28.2 Å². The second-order valence-corrected chi connectivity index (χ2v) is 11.1. The van der Waals surface area contributed by atoms with Crippen LogP contribution < -0.4 is 10.6 Å². The van der Waals surface area contributed by atoms with Gasteiger partial charge in [0.05, 0.1) is 5.56 Å². The van der Waals surface area contributed by atoms with E-state index in [9.17, 15) is 9.90 Å². The first-order valence-corrected chi connectivity index (χ1v) is 12.9. The van der Waals surface area contributed by atoms with Gasteiger partial charge in [0.15, 0.2) is 5.96 Å². The largest absolute Gasteiger partial charge is 0.478 e. The Morgan fingerprint density at radius 3 is 2.21 bits per heavy atom. The number of carbonyl (C=O) groups is 1. The number of carboxylic acid groups (broad SMARTS) is 1. The Labute approximate surface area is 203 Å². The van der Waals surface area contributed by atoms with E-state index in [0.29, 0.717) is 18.0 Å². The SMILES string of the molecule is CC(CC12CC3CC(CC(C3)C1)C2)NC(=NCCc1ccccc1)Nc1ccc(C(=O)O)cc1. The molecule has 0 heterocycles. The average Bonchev–Trinajstić information content (AvgIpc) is 2.78. The molecule has 2 aromatic rings. The molecule has 0 saturated heterocycles. The zero-order valence-electron chi connectivity index (χ0n) is 20.2. The summed E-state index contributed by atoms with van der Waals surface area (Å²) in [5, 5.41) is 16.3. The summed E-state index contributed by atoms with van der Waals surface area (Å²) in [4.78, 5) is 16.1. The number of aromatic carboxylic acids is 1. The fourth-order valence-corrected chi connectivity index (χ4v) is 7.37. The van der Waals surface area contributed by atoms with Crippen molar-refractivity contribution in [1.29, 1.82) is 0 Å². The van der Waals surface area contributed by atoms with Gasteiger partial charge in [-0.3, -0.25) is 4.99 Å². The number of hydrogen-bond acceptors (Lipinski definition) is 2. The van der Waals surface area contributed by atoms with Crippen molar-refractivity contribution in [2.45, 2.75) is 64.3 Å². The summed E-state index contributed by atoms with van der Waals surface area (Å²) in [7, 11) is 0. The molecule has 0 radical (unpaired) electrons. The summed E-state index contributed by atoms with van der Waals surface area (Å²) in [5.74, 6) is 2.75. The molecule has 1 atom stereocenters. The van der Waals surface area contributed by atoms with Crippen molar-refractivity contribution in [2.75, 3.05) is 11.9 Å². The third kappa shape index (κ3) is 5.45. The van der Waals surface area contributed by atoms with E-state index >= 15 is 0 Å². The van der Waals surface area contributed by atoms with E-state index in [2.05, 4.69) is 41.8 Å². The van der Waals surface area contributed by atoms with E-state index in [0.717, 1.165) is 35.8 Å². The second-order valence-electron chi connectivity index (χ2n) is 11.1. The number of nitrogens with one attached hydrogen (secondary N) is 2. The van der Waals surface area contributed by atoms with Gasteiger partial charge in [-0.1, -0.05) is 30.3 Å². The minimum Gasteiger partial charge on any atom is -0.478 e. The summed E-state index contributed by atoms with van der Waals surface area (Å²) in [5.41, 5.74) is 2.92. The van der Waals surface area contributed by atoms with Gasteiger partial charge in [-0.15, -0.1) is 0 Å². The molecule has 1 unspecified atom stereocenters. The molecule has 4 aliphatic carbocycles. The molecule has 4 bridgehead atoms. The molecule has 0 aliphatic heterocycles. The Morgan fingerprint density at radius 1 is 1.00 bits per heavy atom. The third-order valence-electron chi connectivity index (χ3n) is 8.20. The van der Waals surface area contributed by atoms with Crippen LogP contribution in [0.2, 0.25) is 0 Å². The number of carboxylic acids is 1. The predicted octanol–water partition coefficient (Wildman–Crippen LogP) is 5.98. The lowest BCUT2D eigenvalue weighted by atomic mass is 9.48. The minimum atomic E-state index is -0.911. The predicted molar refractivity (Wildman–Crippen MR) is 137 cm³/mol. The monoisotopic (exact) mass is 459 g/mol. The van der Waals surface area contributed by atoms with Crippen LogP contribution in [0, 0.1) is 23.2 Å². The smallest absolute Gasteiger partial charge is 0.335 e. The molecule has 0 spiro atoms. The van der Waals surface area contributed by atoms with E-state index < -0.39 is 5.97 Å². The van der Waals surface area contributed by atoms with Gasteiger partial charge in [-0.2, -0.15) is 0 Å². The van der Waals surface area contributed by atoms with Gasteiger partial charge in [0.2, 0.25) is 0 Å². The van der Waals surface area contributed by atoms with E-state index in [4.69, 9.17) is 4.99 Å². The fourth-order valence-electron chi connectivity index (χ4n) is 7.37. The molecule has 0 aromatic heterocycles. The molecule has 180 valence electrons. The maximum absolute atomic E-state index is 11.2. The third-order valence-corrected chi connectivity index (χ3v) is 8.20. The van der Waals surface area contributed by atoms with Gasteiger partial charge in [0, 0.05) is 18.3 Å². The van der Waals surface area contributed by atoms with E-state index in [1.807, 2.05) is 18.2 Å². The molecule has 5 heteroatoms. The van der Waals surface area contributed by atoms with Crippen molar-refractivity contribution in [1.82, 2.24) is 5.32 Å². The van der Waals surface area contributed by atoms with Crippen molar-refractivity contribution in [3.63, 3.8) is 0 Å². The van der Waals surface area contributed by atoms with Crippen LogP contribution in [0.3, 0.4) is 0 Å². The summed E-state index contributed by atoms with van der Waals surface area (Å²) in [6.45, 7) is 2.98. The van der Waals surface area contributed by atoms with Crippen LogP contribution in [0.1, 0.15) is 67.8 Å². The molecule has 6 rings (SSSR count). The molecule has 3 N–H and O–H groups in total. The fraction of sp³-hybridized carbons (Fsp3) is 0.517. The van der Waals surface area contributed by atoms with Gasteiger partial charge in [0.1, 0.15) is 0 Å². The second kappa shape index (κ2) is 9.81. The molecule has 4 fully saturated rings. The lowest BCUT2D eigenvalue weighted by Gasteiger charge is -2.57. The van der Waals surface area contributed by atoms with Gasteiger partial charge in [-0.25, -0.2) is 4.79 Å². The maximum atomic E-state index is 11.2. The Balaban J connectivity index is 1.26. The highest BCUT2D eigenvalue weighted by atomic mass is 16.4. The zero-order valence-corrected chi connectivity index (χ0v) is 20.2. The Morgan fingerprint density at radius 2 is 1.62 bits per heavy atom. The highest BCUT2D eigenvalue weighted by molar-refractivity contribution is 5.94. The van der Waals surface area contributed by atoms with Crippen LogP contribution in [0.4, 0.5) is 5.69 Å². The molecule has 4 aliphatic rings. The van der Waals surface area contributed by atoms with Crippen LogP contribution in [-0.2, 0) is 6.42 Å². The van der Waals surface area contributed by atoms with E-state index in [-0.39, 0.29) is 5.56 Å².